The number of aromatic nitrogens is 2. The van der Waals surface area contributed by atoms with Gasteiger partial charge in [0.15, 0.2) is 0 Å². The minimum absolute atomic E-state index is 0.0587. The Hall–Kier alpha value is -1.39. The molecule has 0 aliphatic rings. The molecular weight excluding hydrogens is 226 g/mol. The van der Waals surface area contributed by atoms with Gasteiger partial charge in [0.25, 0.3) is 0 Å². The average molecular weight is 247 g/mol. The summed E-state index contributed by atoms with van der Waals surface area (Å²) in [6.45, 7) is 6.94. The summed E-state index contributed by atoms with van der Waals surface area (Å²) in [5.41, 5.74) is 8.20. The fraction of sp³-hybridized carbons (Fsp3) is 0.500. The average Bonchev–Trinajstić information content (AvgIpc) is 2.68. The Kier molecular flexibility index (Phi) is 3.41. The first-order chi connectivity index (χ1) is 8.45. The Morgan fingerprint density at radius 3 is 2.61 bits per heavy atom. The van der Waals surface area contributed by atoms with Crippen LogP contribution in [-0.4, -0.2) is 23.3 Å². The van der Waals surface area contributed by atoms with Crippen LogP contribution in [0.25, 0.3) is 11.0 Å². The van der Waals surface area contributed by atoms with E-state index in [1.165, 1.54) is 0 Å². The van der Waals surface area contributed by atoms with Crippen molar-refractivity contribution < 1.29 is 4.74 Å². The van der Waals surface area contributed by atoms with Gasteiger partial charge in [-0.2, -0.15) is 0 Å². The predicted molar refractivity (Wildman–Crippen MR) is 73.5 cm³/mol. The number of para-hydroxylation sites is 2. The van der Waals surface area contributed by atoms with Gasteiger partial charge >= 0.3 is 0 Å². The number of fused-ring (bicyclic) bond motifs is 1. The predicted octanol–water partition coefficient (Wildman–Crippen LogP) is 2.44. The van der Waals surface area contributed by atoms with Gasteiger partial charge in [-0.15, -0.1) is 0 Å². The zero-order chi connectivity index (χ0) is 13.3. The molecule has 1 heterocycles. The fourth-order valence-corrected chi connectivity index (χ4v) is 2.25. The second-order valence-electron chi connectivity index (χ2n) is 5.53. The highest BCUT2D eigenvalue weighted by Crippen LogP contribution is 2.27. The molecule has 0 aliphatic carbocycles. The molecule has 2 aromatic rings. The molecule has 18 heavy (non-hydrogen) atoms. The Bertz CT molecular complexity index is 539. The first-order valence-corrected chi connectivity index (χ1v) is 6.17. The normalized spacial score (nSPS) is 14.1. The Morgan fingerprint density at radius 1 is 1.33 bits per heavy atom. The Labute approximate surface area is 108 Å². The smallest absolute Gasteiger partial charge is 0.129 e. The second-order valence-corrected chi connectivity index (χ2v) is 5.53. The third-order valence-electron chi connectivity index (χ3n) is 2.94. The number of hydrogen-bond acceptors (Lipinski definition) is 3. The Balaban J connectivity index is 2.64. The SMILES string of the molecule is COCC(N)c1nc2ccccc2n1C(C)(C)C. The van der Waals surface area contributed by atoms with Crippen molar-refractivity contribution in [2.45, 2.75) is 32.4 Å². The van der Waals surface area contributed by atoms with Crippen LogP contribution < -0.4 is 5.73 Å². The van der Waals surface area contributed by atoms with Gasteiger partial charge in [0.1, 0.15) is 5.82 Å². The van der Waals surface area contributed by atoms with Crippen molar-refractivity contribution in [2.24, 2.45) is 5.73 Å². The maximum absolute atomic E-state index is 6.16. The van der Waals surface area contributed by atoms with E-state index in [1.54, 1.807) is 7.11 Å². The van der Waals surface area contributed by atoms with Crippen molar-refractivity contribution in [3.05, 3.63) is 30.1 Å². The van der Waals surface area contributed by atoms with E-state index in [4.69, 9.17) is 10.5 Å². The van der Waals surface area contributed by atoms with Crippen LogP contribution in [0.3, 0.4) is 0 Å². The van der Waals surface area contributed by atoms with Crippen LogP contribution in [0.4, 0.5) is 0 Å². The summed E-state index contributed by atoms with van der Waals surface area (Å²) in [4.78, 5) is 4.66. The fourth-order valence-electron chi connectivity index (χ4n) is 2.25. The molecule has 98 valence electrons. The molecule has 2 N–H and O–H groups in total. The number of methoxy groups -OCH3 is 1. The lowest BCUT2D eigenvalue weighted by Gasteiger charge is -2.26. The van der Waals surface area contributed by atoms with Crippen LogP contribution in [0.1, 0.15) is 32.6 Å². The van der Waals surface area contributed by atoms with E-state index in [9.17, 15) is 0 Å². The van der Waals surface area contributed by atoms with Crippen molar-refractivity contribution in [2.75, 3.05) is 13.7 Å². The number of benzene rings is 1. The van der Waals surface area contributed by atoms with Crippen LogP contribution >= 0.6 is 0 Å². The number of rotatable bonds is 3. The summed E-state index contributed by atoms with van der Waals surface area (Å²) >= 11 is 0. The van der Waals surface area contributed by atoms with Crippen LogP contribution in [-0.2, 0) is 10.3 Å². The summed E-state index contributed by atoms with van der Waals surface area (Å²) in [5, 5.41) is 0. The molecular formula is C14H21N3O. The third kappa shape index (κ3) is 2.26. The Morgan fingerprint density at radius 2 is 2.00 bits per heavy atom. The van der Waals surface area contributed by atoms with Crippen molar-refractivity contribution in [1.29, 1.82) is 0 Å². The van der Waals surface area contributed by atoms with E-state index in [1.807, 2.05) is 18.2 Å². The standard InChI is InChI=1S/C14H21N3O/c1-14(2,3)17-12-8-6-5-7-11(12)16-13(17)10(15)9-18-4/h5-8,10H,9,15H2,1-4H3. The molecule has 4 heteroatoms. The van der Waals surface area contributed by atoms with Crippen molar-refractivity contribution >= 4 is 11.0 Å². The zero-order valence-electron chi connectivity index (χ0n) is 11.5. The molecule has 0 bridgehead atoms. The molecule has 2 rings (SSSR count). The van der Waals surface area contributed by atoms with Gasteiger partial charge in [-0.25, -0.2) is 4.98 Å². The number of nitrogens with two attached hydrogens (primary N) is 1. The van der Waals surface area contributed by atoms with Gasteiger partial charge < -0.3 is 15.0 Å². The molecule has 0 fully saturated rings. The summed E-state index contributed by atoms with van der Waals surface area (Å²) in [6.07, 6.45) is 0. The summed E-state index contributed by atoms with van der Waals surface area (Å²) < 4.78 is 7.34. The number of hydrogen-bond donors (Lipinski definition) is 1. The first kappa shape index (κ1) is 13.1. The van der Waals surface area contributed by atoms with E-state index in [2.05, 4.69) is 36.4 Å². The topological polar surface area (TPSA) is 53.1 Å². The molecule has 0 saturated carbocycles. The van der Waals surface area contributed by atoms with Gasteiger partial charge in [-0.1, -0.05) is 12.1 Å². The van der Waals surface area contributed by atoms with Crippen LogP contribution in [0.15, 0.2) is 24.3 Å². The minimum Gasteiger partial charge on any atom is -0.383 e. The number of imidazole rings is 1. The highest BCUT2D eigenvalue weighted by Gasteiger charge is 2.24. The van der Waals surface area contributed by atoms with Gasteiger partial charge in [0.05, 0.1) is 23.7 Å². The van der Waals surface area contributed by atoms with E-state index >= 15 is 0 Å². The van der Waals surface area contributed by atoms with Crippen LogP contribution in [0, 0.1) is 0 Å². The summed E-state index contributed by atoms with van der Waals surface area (Å²) in [6, 6.07) is 7.91. The molecule has 0 spiro atoms. The quantitative estimate of drug-likeness (QED) is 0.906. The molecule has 1 unspecified atom stereocenters. The minimum atomic E-state index is -0.207. The van der Waals surface area contributed by atoms with Crippen molar-refractivity contribution in [3.8, 4) is 0 Å². The molecule has 1 aromatic carbocycles. The van der Waals surface area contributed by atoms with Gasteiger partial charge in [0, 0.05) is 12.6 Å². The zero-order valence-corrected chi connectivity index (χ0v) is 11.5. The molecule has 0 radical (unpaired) electrons. The first-order valence-electron chi connectivity index (χ1n) is 6.17. The van der Waals surface area contributed by atoms with Crippen molar-refractivity contribution in [1.82, 2.24) is 9.55 Å². The van der Waals surface area contributed by atoms with E-state index in [-0.39, 0.29) is 11.6 Å². The molecule has 4 nitrogen and oxygen atoms in total. The van der Waals surface area contributed by atoms with Gasteiger partial charge in [-0.05, 0) is 32.9 Å². The molecule has 0 amide bonds. The highest BCUT2D eigenvalue weighted by atomic mass is 16.5. The number of ether oxygens (including phenoxy) is 1. The molecule has 1 aromatic heterocycles. The van der Waals surface area contributed by atoms with Crippen LogP contribution in [0.2, 0.25) is 0 Å². The van der Waals surface area contributed by atoms with Crippen molar-refractivity contribution in [3.63, 3.8) is 0 Å². The third-order valence-corrected chi connectivity index (χ3v) is 2.94. The monoisotopic (exact) mass is 247 g/mol. The molecule has 1 atom stereocenters. The maximum atomic E-state index is 6.16. The van der Waals surface area contributed by atoms with Gasteiger partial charge in [0.2, 0.25) is 0 Å². The second kappa shape index (κ2) is 4.71. The summed E-state index contributed by atoms with van der Waals surface area (Å²) in [7, 11) is 1.66. The van der Waals surface area contributed by atoms with E-state index < -0.39 is 0 Å². The number of nitrogens with zero attached hydrogens (tertiary/aromatic N) is 2. The lowest BCUT2D eigenvalue weighted by atomic mass is 10.1. The van der Waals surface area contributed by atoms with Crippen LogP contribution in [0.5, 0.6) is 0 Å². The summed E-state index contributed by atoms with van der Waals surface area (Å²) in [5.74, 6) is 0.880. The maximum Gasteiger partial charge on any atom is 0.129 e. The largest absolute Gasteiger partial charge is 0.383 e. The van der Waals surface area contributed by atoms with E-state index in [0.29, 0.717) is 6.61 Å². The molecule has 0 saturated heterocycles. The lowest BCUT2D eigenvalue weighted by molar-refractivity contribution is 0.174. The van der Waals surface area contributed by atoms with E-state index in [0.717, 1.165) is 16.9 Å². The molecule has 0 aliphatic heterocycles. The lowest BCUT2D eigenvalue weighted by Crippen LogP contribution is -2.29. The van der Waals surface area contributed by atoms with Gasteiger partial charge in [-0.3, -0.25) is 0 Å². The highest BCUT2D eigenvalue weighted by molar-refractivity contribution is 5.76.